The number of hydrogen-bond acceptors (Lipinski definition) is 3. The molecule has 1 fully saturated rings. The average molecular weight is 277 g/mol. The summed E-state index contributed by atoms with van der Waals surface area (Å²) in [5, 5.41) is 13.7. The predicted octanol–water partition coefficient (Wildman–Crippen LogP) is 3.14. The Morgan fingerprint density at radius 2 is 1.85 bits per heavy atom. The van der Waals surface area contributed by atoms with Gasteiger partial charge in [-0.25, -0.2) is 0 Å². The topological polar surface area (TPSA) is 41.5 Å². The fourth-order valence-corrected chi connectivity index (χ4v) is 2.34. The van der Waals surface area contributed by atoms with Gasteiger partial charge in [-0.15, -0.1) is 0 Å². The molecular weight excluding hydrogens is 250 g/mol. The van der Waals surface area contributed by atoms with Crippen LogP contribution in [0, 0.1) is 11.3 Å². The van der Waals surface area contributed by atoms with Crippen molar-refractivity contribution in [3.05, 3.63) is 29.8 Å². The Bertz CT molecular complexity index is 418. The van der Waals surface area contributed by atoms with E-state index < -0.39 is 0 Å². The van der Waals surface area contributed by atoms with Crippen molar-refractivity contribution in [2.75, 3.05) is 13.7 Å². The van der Waals surface area contributed by atoms with E-state index in [1.54, 1.807) is 7.11 Å². The molecule has 2 rings (SSSR count). The summed E-state index contributed by atoms with van der Waals surface area (Å²) in [6.07, 6.45) is 2.21. The summed E-state index contributed by atoms with van der Waals surface area (Å²) in [6, 6.07) is 8.60. The van der Waals surface area contributed by atoms with Gasteiger partial charge in [-0.3, -0.25) is 0 Å². The van der Waals surface area contributed by atoms with E-state index in [4.69, 9.17) is 4.74 Å². The third-order valence-electron chi connectivity index (χ3n) is 4.10. The van der Waals surface area contributed by atoms with E-state index in [0.29, 0.717) is 18.5 Å². The number of rotatable bonds is 6. The van der Waals surface area contributed by atoms with Crippen molar-refractivity contribution in [2.24, 2.45) is 11.3 Å². The van der Waals surface area contributed by atoms with Crippen molar-refractivity contribution < 1.29 is 9.84 Å². The Balaban J connectivity index is 2.00. The van der Waals surface area contributed by atoms with Gasteiger partial charge in [0.15, 0.2) is 0 Å². The van der Waals surface area contributed by atoms with Crippen molar-refractivity contribution in [3.8, 4) is 5.75 Å². The van der Waals surface area contributed by atoms with Gasteiger partial charge in [-0.2, -0.15) is 0 Å². The van der Waals surface area contributed by atoms with Gasteiger partial charge in [0.2, 0.25) is 0 Å². The lowest BCUT2D eigenvalue weighted by Gasteiger charge is -2.28. The second kappa shape index (κ2) is 6.15. The quantitative estimate of drug-likeness (QED) is 0.839. The second-order valence-electron chi connectivity index (χ2n) is 6.88. The van der Waals surface area contributed by atoms with Crippen LogP contribution in [0.25, 0.3) is 0 Å². The highest BCUT2D eigenvalue weighted by Gasteiger charge is 2.33. The third-order valence-corrected chi connectivity index (χ3v) is 4.10. The summed E-state index contributed by atoms with van der Waals surface area (Å²) >= 11 is 0. The average Bonchev–Trinajstić information content (AvgIpc) is 3.23. The van der Waals surface area contributed by atoms with Crippen LogP contribution in [0.4, 0.5) is 0 Å². The lowest BCUT2D eigenvalue weighted by molar-refractivity contribution is 0.0597. The molecule has 20 heavy (non-hydrogen) atoms. The van der Waals surface area contributed by atoms with Crippen molar-refractivity contribution in [1.29, 1.82) is 0 Å². The van der Waals surface area contributed by atoms with Crippen LogP contribution >= 0.6 is 0 Å². The van der Waals surface area contributed by atoms with Gasteiger partial charge in [0.1, 0.15) is 5.75 Å². The molecule has 0 aliphatic heterocycles. The van der Waals surface area contributed by atoms with Crippen LogP contribution in [0.15, 0.2) is 24.3 Å². The Kier molecular flexibility index (Phi) is 4.71. The van der Waals surface area contributed by atoms with Gasteiger partial charge in [-0.1, -0.05) is 32.9 Å². The highest BCUT2D eigenvalue weighted by Crippen LogP contribution is 2.41. The number of nitrogens with one attached hydrogen (secondary N) is 1. The number of ether oxygens (including phenoxy) is 1. The smallest absolute Gasteiger partial charge is 0.118 e. The Morgan fingerprint density at radius 1 is 1.25 bits per heavy atom. The standard InChI is InChI=1S/C17H27NO2/c1-17(2,3)15(19)11-18-16(12-5-6-12)13-7-9-14(20-4)10-8-13/h7-10,12,15-16,18-19H,5-6,11H2,1-4H3. The fourth-order valence-electron chi connectivity index (χ4n) is 2.34. The monoisotopic (exact) mass is 277 g/mol. The summed E-state index contributed by atoms with van der Waals surface area (Å²) in [4.78, 5) is 0. The number of aliphatic hydroxyl groups excluding tert-OH is 1. The van der Waals surface area contributed by atoms with E-state index in [1.165, 1.54) is 18.4 Å². The summed E-state index contributed by atoms with van der Waals surface area (Å²) in [5.41, 5.74) is 1.20. The van der Waals surface area contributed by atoms with Crippen LogP contribution in [-0.4, -0.2) is 24.9 Å². The van der Waals surface area contributed by atoms with E-state index in [9.17, 15) is 5.11 Å². The second-order valence-corrected chi connectivity index (χ2v) is 6.88. The highest BCUT2D eigenvalue weighted by atomic mass is 16.5. The first-order chi connectivity index (χ1) is 9.41. The van der Waals surface area contributed by atoms with E-state index in [-0.39, 0.29) is 11.5 Å². The fraction of sp³-hybridized carbons (Fsp3) is 0.647. The normalized spacial score (nSPS) is 18.6. The lowest BCUT2D eigenvalue weighted by atomic mass is 9.89. The summed E-state index contributed by atoms with van der Waals surface area (Å²) in [6.45, 7) is 6.84. The van der Waals surface area contributed by atoms with Crippen molar-refractivity contribution in [2.45, 2.75) is 45.8 Å². The maximum atomic E-state index is 10.2. The molecule has 0 heterocycles. The van der Waals surface area contributed by atoms with Gasteiger partial charge >= 0.3 is 0 Å². The van der Waals surface area contributed by atoms with Crippen LogP contribution in [0.2, 0.25) is 0 Å². The molecule has 3 nitrogen and oxygen atoms in total. The Morgan fingerprint density at radius 3 is 2.30 bits per heavy atom. The van der Waals surface area contributed by atoms with Gasteiger partial charge in [-0.05, 0) is 41.9 Å². The number of hydrogen-bond donors (Lipinski definition) is 2. The molecule has 2 N–H and O–H groups in total. The number of benzene rings is 1. The Labute approximate surface area is 122 Å². The SMILES string of the molecule is COc1ccc(C(NCC(O)C(C)(C)C)C2CC2)cc1. The largest absolute Gasteiger partial charge is 0.497 e. The summed E-state index contributed by atoms with van der Waals surface area (Å²) < 4.78 is 5.21. The maximum Gasteiger partial charge on any atom is 0.118 e. The number of methoxy groups -OCH3 is 1. The minimum absolute atomic E-state index is 0.0823. The summed E-state index contributed by atoms with van der Waals surface area (Å²) in [5.74, 6) is 1.59. The van der Waals surface area contributed by atoms with Gasteiger partial charge in [0.05, 0.1) is 13.2 Å². The van der Waals surface area contributed by atoms with Crippen molar-refractivity contribution in [3.63, 3.8) is 0 Å². The molecule has 0 saturated heterocycles. The molecular formula is C17H27NO2. The molecule has 1 aliphatic rings. The molecule has 2 atom stereocenters. The van der Waals surface area contributed by atoms with Crippen LogP contribution < -0.4 is 10.1 Å². The minimum Gasteiger partial charge on any atom is -0.497 e. The molecule has 1 aromatic rings. The van der Waals surface area contributed by atoms with Crippen LogP contribution in [0.5, 0.6) is 5.75 Å². The van der Waals surface area contributed by atoms with E-state index in [1.807, 2.05) is 12.1 Å². The zero-order chi connectivity index (χ0) is 14.8. The molecule has 2 unspecified atom stereocenters. The zero-order valence-corrected chi connectivity index (χ0v) is 13.0. The van der Waals surface area contributed by atoms with Crippen molar-refractivity contribution in [1.82, 2.24) is 5.32 Å². The Hall–Kier alpha value is -1.06. The van der Waals surface area contributed by atoms with Crippen LogP contribution in [0.1, 0.15) is 45.2 Å². The van der Waals surface area contributed by atoms with E-state index in [2.05, 4.69) is 38.2 Å². The highest BCUT2D eigenvalue weighted by molar-refractivity contribution is 5.30. The first-order valence-electron chi connectivity index (χ1n) is 7.47. The molecule has 3 heteroatoms. The van der Waals surface area contributed by atoms with E-state index in [0.717, 1.165) is 5.75 Å². The van der Waals surface area contributed by atoms with Crippen LogP contribution in [-0.2, 0) is 0 Å². The molecule has 0 amide bonds. The molecule has 0 aromatic heterocycles. The molecule has 0 spiro atoms. The third kappa shape index (κ3) is 3.97. The molecule has 1 aliphatic carbocycles. The first-order valence-corrected chi connectivity index (χ1v) is 7.47. The first kappa shape index (κ1) is 15.3. The molecule has 112 valence electrons. The van der Waals surface area contributed by atoms with Crippen LogP contribution in [0.3, 0.4) is 0 Å². The van der Waals surface area contributed by atoms with Gasteiger partial charge < -0.3 is 15.2 Å². The molecule has 1 aromatic carbocycles. The molecule has 0 radical (unpaired) electrons. The zero-order valence-electron chi connectivity index (χ0n) is 13.0. The predicted molar refractivity (Wildman–Crippen MR) is 81.9 cm³/mol. The number of aliphatic hydroxyl groups is 1. The minimum atomic E-state index is -0.331. The van der Waals surface area contributed by atoms with Crippen molar-refractivity contribution >= 4 is 0 Å². The molecule has 1 saturated carbocycles. The van der Waals surface area contributed by atoms with Gasteiger partial charge in [0, 0.05) is 12.6 Å². The molecule has 0 bridgehead atoms. The summed E-state index contributed by atoms with van der Waals surface area (Å²) in [7, 11) is 1.69. The lowest BCUT2D eigenvalue weighted by Crippen LogP contribution is -2.38. The van der Waals surface area contributed by atoms with E-state index >= 15 is 0 Å². The van der Waals surface area contributed by atoms with Gasteiger partial charge in [0.25, 0.3) is 0 Å². The maximum absolute atomic E-state index is 10.2.